The normalized spacial score (nSPS) is 17.8. The van der Waals surface area contributed by atoms with E-state index < -0.39 is 12.1 Å². The van der Waals surface area contributed by atoms with E-state index in [4.69, 9.17) is 5.11 Å². The number of aliphatic hydroxyl groups is 1. The van der Waals surface area contributed by atoms with Crippen LogP contribution in [0.2, 0.25) is 0 Å². The van der Waals surface area contributed by atoms with Gasteiger partial charge in [0.25, 0.3) is 0 Å². The number of carboxylic acids is 1. The van der Waals surface area contributed by atoms with Gasteiger partial charge in [-0.2, -0.15) is 0 Å². The summed E-state index contributed by atoms with van der Waals surface area (Å²) in [6.07, 6.45) is 1.14. The second-order valence-electron chi connectivity index (χ2n) is 4.86. The lowest BCUT2D eigenvalue weighted by atomic mass is 10.0. The minimum absolute atomic E-state index is 0.182. The lowest BCUT2D eigenvalue weighted by Gasteiger charge is -2.22. The number of rotatable bonds is 4. The van der Waals surface area contributed by atoms with E-state index in [1.165, 1.54) is 11.1 Å². The Kier molecular flexibility index (Phi) is 4.33. The Morgan fingerprint density at radius 2 is 2.06 bits per heavy atom. The molecule has 1 atom stereocenters. The van der Waals surface area contributed by atoms with Crippen molar-refractivity contribution in [2.45, 2.75) is 31.9 Å². The van der Waals surface area contributed by atoms with Crippen LogP contribution in [-0.2, 0) is 17.8 Å². The molecule has 2 N–H and O–H groups in total. The number of aliphatic carboxylic acids is 1. The average Bonchev–Trinajstić information content (AvgIpc) is 2.49. The fraction of sp³-hybridized carbons (Fsp3) is 0.500. The number of β-amino-alcohol motifs (C(OH)–C–C–N with tert-alkyl or cyclic N) is 1. The molecule has 0 amide bonds. The average molecular weight is 249 g/mol. The Hall–Kier alpha value is -1.39. The topological polar surface area (TPSA) is 60.8 Å². The molecule has 0 saturated heterocycles. The monoisotopic (exact) mass is 249 g/mol. The Bertz CT molecular complexity index is 419. The lowest BCUT2D eigenvalue weighted by molar-refractivity contribution is -0.139. The number of nitrogens with zero attached hydrogens (tertiary/aromatic N) is 1. The third-order valence-electron chi connectivity index (χ3n) is 3.31. The molecule has 0 fully saturated rings. The molecule has 2 rings (SSSR count). The van der Waals surface area contributed by atoms with Gasteiger partial charge < -0.3 is 10.2 Å². The van der Waals surface area contributed by atoms with Crippen molar-refractivity contribution < 1.29 is 15.0 Å². The Morgan fingerprint density at radius 1 is 1.33 bits per heavy atom. The Balaban J connectivity index is 1.97. The van der Waals surface area contributed by atoms with Gasteiger partial charge in [-0.05, 0) is 30.5 Å². The van der Waals surface area contributed by atoms with Gasteiger partial charge in [0.05, 0.1) is 12.5 Å². The number of aryl methyl sites for hydroxylation is 1. The largest absolute Gasteiger partial charge is 0.481 e. The molecule has 1 aromatic carbocycles. The fourth-order valence-corrected chi connectivity index (χ4v) is 2.49. The number of hydrogen-bond acceptors (Lipinski definition) is 3. The number of fused-ring (bicyclic) bond motifs is 1. The van der Waals surface area contributed by atoms with E-state index in [1.54, 1.807) is 0 Å². The van der Waals surface area contributed by atoms with Crippen LogP contribution in [0.5, 0.6) is 0 Å². The molecule has 0 aliphatic carbocycles. The predicted molar refractivity (Wildman–Crippen MR) is 68.3 cm³/mol. The Labute approximate surface area is 107 Å². The van der Waals surface area contributed by atoms with E-state index in [0.29, 0.717) is 6.54 Å². The van der Waals surface area contributed by atoms with Crippen molar-refractivity contribution in [3.05, 3.63) is 35.4 Å². The van der Waals surface area contributed by atoms with Crippen LogP contribution < -0.4 is 0 Å². The first-order chi connectivity index (χ1) is 8.65. The summed E-state index contributed by atoms with van der Waals surface area (Å²) >= 11 is 0. The summed E-state index contributed by atoms with van der Waals surface area (Å²) in [6.45, 7) is 2.14. The van der Waals surface area contributed by atoms with Gasteiger partial charge in [-0.3, -0.25) is 9.69 Å². The summed E-state index contributed by atoms with van der Waals surface area (Å²) in [4.78, 5) is 12.7. The number of benzene rings is 1. The van der Waals surface area contributed by atoms with Crippen molar-refractivity contribution in [1.29, 1.82) is 0 Å². The standard InChI is InChI=1S/C14H19NO3/c16-13(8-14(17)18)10-15-7-3-6-11-4-1-2-5-12(11)9-15/h1-2,4-5,13,16H,3,6-10H2,(H,17,18). The van der Waals surface area contributed by atoms with Gasteiger partial charge >= 0.3 is 5.97 Å². The number of aliphatic hydroxyl groups excluding tert-OH is 1. The maximum absolute atomic E-state index is 10.5. The third kappa shape index (κ3) is 3.55. The maximum atomic E-state index is 10.5. The van der Waals surface area contributed by atoms with E-state index >= 15 is 0 Å². The molecular weight excluding hydrogens is 230 g/mol. The van der Waals surface area contributed by atoms with Crippen molar-refractivity contribution in [2.75, 3.05) is 13.1 Å². The van der Waals surface area contributed by atoms with Crippen LogP contribution >= 0.6 is 0 Å². The first kappa shape index (κ1) is 13.1. The summed E-state index contributed by atoms with van der Waals surface area (Å²) in [7, 11) is 0. The van der Waals surface area contributed by atoms with E-state index in [-0.39, 0.29) is 6.42 Å². The van der Waals surface area contributed by atoms with Crippen LogP contribution in [-0.4, -0.2) is 40.3 Å². The smallest absolute Gasteiger partial charge is 0.306 e. The third-order valence-corrected chi connectivity index (χ3v) is 3.31. The van der Waals surface area contributed by atoms with Gasteiger partial charge in [0.15, 0.2) is 0 Å². The molecule has 1 aliphatic heterocycles. The first-order valence-electron chi connectivity index (χ1n) is 6.34. The molecule has 98 valence electrons. The minimum Gasteiger partial charge on any atom is -0.481 e. The zero-order valence-corrected chi connectivity index (χ0v) is 10.4. The first-order valence-corrected chi connectivity index (χ1v) is 6.34. The fourth-order valence-electron chi connectivity index (χ4n) is 2.49. The molecular formula is C14H19NO3. The molecule has 0 aromatic heterocycles. The molecule has 0 saturated carbocycles. The molecule has 1 unspecified atom stereocenters. The highest BCUT2D eigenvalue weighted by molar-refractivity contribution is 5.67. The maximum Gasteiger partial charge on any atom is 0.306 e. The molecule has 18 heavy (non-hydrogen) atoms. The van der Waals surface area contributed by atoms with Crippen LogP contribution in [0, 0.1) is 0 Å². The number of carbonyl (C=O) groups is 1. The van der Waals surface area contributed by atoms with E-state index in [0.717, 1.165) is 25.9 Å². The second-order valence-corrected chi connectivity index (χ2v) is 4.86. The van der Waals surface area contributed by atoms with Crippen molar-refractivity contribution in [2.24, 2.45) is 0 Å². The molecule has 1 heterocycles. The number of hydrogen-bond donors (Lipinski definition) is 2. The molecule has 0 spiro atoms. The van der Waals surface area contributed by atoms with Crippen molar-refractivity contribution in [3.63, 3.8) is 0 Å². The van der Waals surface area contributed by atoms with Crippen LogP contribution in [0.4, 0.5) is 0 Å². The van der Waals surface area contributed by atoms with Gasteiger partial charge in [-0.15, -0.1) is 0 Å². The lowest BCUT2D eigenvalue weighted by Crippen LogP contribution is -2.33. The molecule has 1 aliphatic rings. The zero-order valence-electron chi connectivity index (χ0n) is 10.4. The predicted octanol–water partition coefficient (Wildman–Crippen LogP) is 1.27. The van der Waals surface area contributed by atoms with Gasteiger partial charge in [-0.1, -0.05) is 24.3 Å². The summed E-state index contributed by atoms with van der Waals surface area (Å²) in [5.41, 5.74) is 2.66. The van der Waals surface area contributed by atoms with Crippen LogP contribution in [0.3, 0.4) is 0 Å². The summed E-state index contributed by atoms with van der Waals surface area (Å²) < 4.78 is 0. The van der Waals surface area contributed by atoms with Crippen LogP contribution in [0.1, 0.15) is 24.0 Å². The van der Waals surface area contributed by atoms with Gasteiger partial charge in [0.2, 0.25) is 0 Å². The van der Waals surface area contributed by atoms with Gasteiger partial charge in [-0.25, -0.2) is 0 Å². The van der Waals surface area contributed by atoms with Crippen LogP contribution in [0.25, 0.3) is 0 Å². The van der Waals surface area contributed by atoms with Crippen molar-refractivity contribution in [3.8, 4) is 0 Å². The van der Waals surface area contributed by atoms with Crippen molar-refractivity contribution in [1.82, 2.24) is 4.90 Å². The quantitative estimate of drug-likeness (QED) is 0.843. The van der Waals surface area contributed by atoms with Gasteiger partial charge in [0.1, 0.15) is 0 Å². The highest BCUT2D eigenvalue weighted by atomic mass is 16.4. The highest BCUT2D eigenvalue weighted by Gasteiger charge is 2.18. The molecule has 4 heteroatoms. The molecule has 1 aromatic rings. The number of carboxylic acid groups (broad SMARTS) is 1. The zero-order chi connectivity index (χ0) is 13.0. The highest BCUT2D eigenvalue weighted by Crippen LogP contribution is 2.18. The molecule has 0 radical (unpaired) electrons. The minimum atomic E-state index is -0.947. The summed E-state index contributed by atoms with van der Waals surface area (Å²) in [6, 6.07) is 8.33. The Morgan fingerprint density at radius 3 is 2.78 bits per heavy atom. The molecule has 0 bridgehead atoms. The van der Waals surface area contributed by atoms with E-state index in [2.05, 4.69) is 17.0 Å². The summed E-state index contributed by atoms with van der Waals surface area (Å²) in [5, 5.41) is 18.3. The summed E-state index contributed by atoms with van der Waals surface area (Å²) in [5.74, 6) is -0.947. The van der Waals surface area contributed by atoms with E-state index in [1.807, 2.05) is 12.1 Å². The van der Waals surface area contributed by atoms with Crippen LogP contribution in [0.15, 0.2) is 24.3 Å². The van der Waals surface area contributed by atoms with E-state index in [9.17, 15) is 9.90 Å². The second kappa shape index (κ2) is 5.98. The van der Waals surface area contributed by atoms with Crippen molar-refractivity contribution >= 4 is 5.97 Å². The SMILES string of the molecule is O=C(O)CC(O)CN1CCCc2ccccc2C1. The van der Waals surface area contributed by atoms with Gasteiger partial charge in [0, 0.05) is 13.1 Å². The molecule has 4 nitrogen and oxygen atoms in total.